The minimum atomic E-state index is -1.26. The number of phenolic OH excluding ortho intramolecular Hbond substituents is 1. The van der Waals surface area contributed by atoms with Gasteiger partial charge in [0.05, 0.1) is 5.56 Å². The van der Waals surface area contributed by atoms with Crippen molar-refractivity contribution in [3.8, 4) is 5.75 Å². The molecule has 0 saturated carbocycles. The smallest absolute Gasteiger partial charge is 0.185 e. The van der Waals surface area contributed by atoms with Crippen molar-refractivity contribution in [2.45, 2.75) is 6.92 Å². The van der Waals surface area contributed by atoms with Crippen molar-refractivity contribution in [3.63, 3.8) is 0 Å². The number of Topliss-reactive ketones (excluding diaryl/α,β-unsaturated/α-hetero) is 3. The topological polar surface area (TPSA) is 71.4 Å². The summed E-state index contributed by atoms with van der Waals surface area (Å²) < 4.78 is 0. The summed E-state index contributed by atoms with van der Waals surface area (Å²) in [7, 11) is 0. The maximum Gasteiger partial charge on any atom is 0.185 e. The molecule has 0 aliphatic heterocycles. The van der Waals surface area contributed by atoms with Crippen molar-refractivity contribution < 1.29 is 19.5 Å². The number of aromatic hydroxyl groups is 1. The van der Waals surface area contributed by atoms with Crippen molar-refractivity contribution in [1.29, 1.82) is 0 Å². The van der Waals surface area contributed by atoms with Gasteiger partial charge in [-0.15, -0.1) is 0 Å². The molecule has 0 heterocycles. The first-order chi connectivity index (χ1) is 7.04. The van der Waals surface area contributed by atoms with Gasteiger partial charge in [-0.2, -0.15) is 0 Å². The number of hydrogen-bond donors (Lipinski definition) is 1. The Morgan fingerprint density at radius 2 is 1.93 bits per heavy atom. The molecule has 15 heavy (non-hydrogen) atoms. The van der Waals surface area contributed by atoms with Gasteiger partial charge in [0.2, 0.25) is 0 Å². The first-order valence-electron chi connectivity index (χ1n) is 4.45. The number of carbonyl (C=O) groups is 3. The van der Waals surface area contributed by atoms with E-state index in [1.165, 1.54) is 25.1 Å². The van der Waals surface area contributed by atoms with Crippen LogP contribution in [0.15, 0.2) is 18.2 Å². The summed E-state index contributed by atoms with van der Waals surface area (Å²) in [6.07, 6.45) is 0. The molecule has 1 N–H and O–H groups in total. The highest BCUT2D eigenvalue weighted by atomic mass is 16.3. The van der Waals surface area contributed by atoms with E-state index in [0.717, 1.165) is 0 Å². The summed E-state index contributed by atoms with van der Waals surface area (Å²) in [4.78, 5) is 34.4. The van der Waals surface area contributed by atoms with Crippen LogP contribution < -0.4 is 0 Å². The van der Waals surface area contributed by atoms with Crippen LogP contribution in [-0.2, 0) is 4.79 Å². The number of hydrogen-bond acceptors (Lipinski definition) is 4. The highest BCUT2D eigenvalue weighted by Crippen LogP contribution is 2.33. The van der Waals surface area contributed by atoms with E-state index in [9.17, 15) is 19.5 Å². The molecule has 4 nitrogen and oxygen atoms in total. The van der Waals surface area contributed by atoms with Crippen LogP contribution in [0, 0.1) is 5.92 Å². The Bertz CT molecular complexity index is 487. The first kappa shape index (κ1) is 9.58. The molecule has 4 heteroatoms. The van der Waals surface area contributed by atoms with Crippen molar-refractivity contribution >= 4 is 17.3 Å². The SMILES string of the molecule is CC(=O)C1C(=O)c2cccc(O)c2C1=O. The van der Waals surface area contributed by atoms with E-state index >= 15 is 0 Å². The molecule has 1 aromatic rings. The summed E-state index contributed by atoms with van der Waals surface area (Å²) in [6.45, 7) is 1.20. The van der Waals surface area contributed by atoms with Crippen LogP contribution in [0.2, 0.25) is 0 Å². The third-order valence-electron chi connectivity index (χ3n) is 2.49. The Kier molecular flexibility index (Phi) is 1.93. The lowest BCUT2D eigenvalue weighted by molar-refractivity contribution is -0.118. The van der Waals surface area contributed by atoms with E-state index in [1.807, 2.05) is 0 Å². The zero-order valence-corrected chi connectivity index (χ0v) is 7.98. The van der Waals surface area contributed by atoms with E-state index in [4.69, 9.17) is 0 Å². The molecule has 0 radical (unpaired) electrons. The van der Waals surface area contributed by atoms with Crippen molar-refractivity contribution in [2.75, 3.05) is 0 Å². The van der Waals surface area contributed by atoms with E-state index in [-0.39, 0.29) is 16.9 Å². The summed E-state index contributed by atoms with van der Waals surface area (Å²) >= 11 is 0. The molecule has 76 valence electrons. The predicted octanol–water partition coefficient (Wildman–Crippen LogP) is 0.976. The Hall–Kier alpha value is -1.97. The second kappa shape index (κ2) is 3.02. The molecule has 0 fully saturated rings. The number of phenols is 1. The molecule has 0 bridgehead atoms. The van der Waals surface area contributed by atoms with Gasteiger partial charge in [0.15, 0.2) is 11.6 Å². The standard InChI is InChI=1S/C11H8O4/c1-5(12)8-10(14)6-3-2-4-7(13)9(6)11(8)15/h2-4,8,13H,1H3. The molecular formula is C11H8O4. The molecule has 1 atom stereocenters. The molecule has 0 spiro atoms. The van der Waals surface area contributed by atoms with Crippen LogP contribution in [0.25, 0.3) is 0 Å². The minimum absolute atomic E-state index is 0.0253. The summed E-state index contributed by atoms with van der Waals surface area (Å²) in [6, 6.07) is 4.24. The fraction of sp³-hybridized carbons (Fsp3) is 0.182. The second-order valence-electron chi connectivity index (χ2n) is 3.47. The molecule has 1 aromatic carbocycles. The Balaban J connectivity index is 2.66. The molecule has 1 aliphatic rings. The summed E-state index contributed by atoms with van der Waals surface area (Å²) in [5.74, 6) is -3.09. The lowest BCUT2D eigenvalue weighted by atomic mass is 10.00. The maximum absolute atomic E-state index is 11.7. The number of rotatable bonds is 1. The van der Waals surface area contributed by atoms with Crippen LogP contribution in [0.3, 0.4) is 0 Å². The third-order valence-corrected chi connectivity index (χ3v) is 2.49. The van der Waals surface area contributed by atoms with E-state index in [1.54, 1.807) is 0 Å². The fourth-order valence-corrected chi connectivity index (χ4v) is 1.79. The van der Waals surface area contributed by atoms with E-state index in [2.05, 4.69) is 0 Å². The lowest BCUT2D eigenvalue weighted by Gasteiger charge is -1.99. The minimum Gasteiger partial charge on any atom is -0.507 e. The van der Waals surface area contributed by atoms with Gasteiger partial charge in [0.25, 0.3) is 0 Å². The monoisotopic (exact) mass is 204 g/mol. The normalized spacial score (nSPS) is 19.1. The average molecular weight is 204 g/mol. The highest BCUT2D eigenvalue weighted by Gasteiger charge is 2.42. The van der Waals surface area contributed by atoms with Crippen molar-refractivity contribution in [2.24, 2.45) is 5.92 Å². The zero-order valence-electron chi connectivity index (χ0n) is 7.98. The van der Waals surface area contributed by atoms with Gasteiger partial charge >= 0.3 is 0 Å². The average Bonchev–Trinajstić information content (AvgIpc) is 2.40. The Morgan fingerprint density at radius 1 is 1.27 bits per heavy atom. The maximum atomic E-state index is 11.7. The molecule has 0 saturated heterocycles. The molecule has 0 amide bonds. The Morgan fingerprint density at radius 3 is 2.47 bits per heavy atom. The fourth-order valence-electron chi connectivity index (χ4n) is 1.79. The summed E-state index contributed by atoms with van der Waals surface area (Å²) in [5.41, 5.74) is 0.114. The van der Waals surface area contributed by atoms with Gasteiger partial charge in [-0.25, -0.2) is 0 Å². The second-order valence-corrected chi connectivity index (χ2v) is 3.47. The third kappa shape index (κ3) is 1.18. The van der Waals surface area contributed by atoms with Crippen molar-refractivity contribution in [3.05, 3.63) is 29.3 Å². The highest BCUT2D eigenvalue weighted by molar-refractivity contribution is 6.36. The number of fused-ring (bicyclic) bond motifs is 1. The molecule has 1 aliphatic carbocycles. The van der Waals surface area contributed by atoms with Gasteiger partial charge in [-0.3, -0.25) is 14.4 Å². The van der Waals surface area contributed by atoms with Gasteiger partial charge < -0.3 is 5.11 Å². The predicted molar refractivity (Wildman–Crippen MR) is 50.9 cm³/mol. The zero-order chi connectivity index (χ0) is 11.2. The van der Waals surface area contributed by atoms with Gasteiger partial charge in [-0.05, 0) is 13.0 Å². The van der Waals surface area contributed by atoms with E-state index < -0.39 is 23.3 Å². The van der Waals surface area contributed by atoms with Gasteiger partial charge in [-0.1, -0.05) is 12.1 Å². The number of ketones is 3. The number of carbonyl (C=O) groups excluding carboxylic acids is 3. The number of benzene rings is 1. The van der Waals surface area contributed by atoms with Crippen LogP contribution in [0.1, 0.15) is 27.6 Å². The molecular weight excluding hydrogens is 196 g/mol. The van der Waals surface area contributed by atoms with Crippen LogP contribution >= 0.6 is 0 Å². The molecule has 0 aromatic heterocycles. The van der Waals surface area contributed by atoms with Crippen LogP contribution in [0.5, 0.6) is 5.75 Å². The Labute approximate surface area is 85.5 Å². The largest absolute Gasteiger partial charge is 0.507 e. The van der Waals surface area contributed by atoms with Crippen molar-refractivity contribution in [1.82, 2.24) is 0 Å². The molecule has 1 unspecified atom stereocenters. The lowest BCUT2D eigenvalue weighted by Crippen LogP contribution is -2.22. The van der Waals surface area contributed by atoms with Gasteiger partial charge in [0, 0.05) is 5.56 Å². The summed E-state index contributed by atoms with van der Waals surface area (Å²) in [5, 5.41) is 9.43. The molecule has 2 rings (SSSR count). The first-order valence-corrected chi connectivity index (χ1v) is 4.45. The van der Waals surface area contributed by atoms with Crippen LogP contribution in [0.4, 0.5) is 0 Å². The quantitative estimate of drug-likeness (QED) is 0.692. The van der Waals surface area contributed by atoms with E-state index in [0.29, 0.717) is 0 Å². The van der Waals surface area contributed by atoms with Gasteiger partial charge in [0.1, 0.15) is 17.5 Å². The van der Waals surface area contributed by atoms with Crippen LogP contribution in [-0.4, -0.2) is 22.5 Å².